The highest BCUT2D eigenvalue weighted by Gasteiger charge is 2.31. The minimum absolute atomic E-state index is 0.00237. The molecule has 128 valence electrons. The summed E-state index contributed by atoms with van der Waals surface area (Å²) < 4.78 is 0. The molecule has 0 saturated carbocycles. The molecule has 3 heterocycles. The number of halogens is 1. The van der Waals surface area contributed by atoms with E-state index in [4.69, 9.17) is 11.6 Å². The molecule has 1 atom stereocenters. The molecule has 1 aliphatic heterocycles. The number of fused-ring (bicyclic) bond motifs is 1. The van der Waals surface area contributed by atoms with E-state index in [1.54, 1.807) is 23.5 Å². The highest BCUT2D eigenvalue weighted by atomic mass is 35.5. The Labute approximate surface area is 159 Å². The van der Waals surface area contributed by atoms with Crippen LogP contribution in [0.15, 0.2) is 53.2 Å². The van der Waals surface area contributed by atoms with Crippen LogP contribution >= 0.6 is 34.3 Å². The number of carbonyl (C=O) groups is 1. The summed E-state index contributed by atoms with van der Waals surface area (Å²) in [7, 11) is 0. The second kappa shape index (κ2) is 7.30. The minimum Gasteiger partial charge on any atom is -0.325 e. The van der Waals surface area contributed by atoms with Crippen LogP contribution in [-0.2, 0) is 11.2 Å². The Balaban J connectivity index is 1.52. The van der Waals surface area contributed by atoms with E-state index in [-0.39, 0.29) is 11.9 Å². The van der Waals surface area contributed by atoms with E-state index in [1.165, 1.54) is 15.3 Å². The first-order valence-corrected chi connectivity index (χ1v) is 10.2. The molecule has 0 bridgehead atoms. The first-order valence-electron chi connectivity index (χ1n) is 8.10. The normalized spacial score (nSPS) is 17.2. The minimum atomic E-state index is 0.00237. The maximum atomic E-state index is 12.6. The van der Waals surface area contributed by atoms with E-state index in [9.17, 15) is 4.79 Å². The van der Waals surface area contributed by atoms with E-state index in [0.29, 0.717) is 11.6 Å². The third kappa shape index (κ3) is 3.65. The smallest absolute Gasteiger partial charge is 0.238 e. The third-order valence-corrected chi connectivity index (χ3v) is 6.53. The lowest BCUT2D eigenvalue weighted by molar-refractivity contribution is -0.117. The van der Waals surface area contributed by atoms with Gasteiger partial charge in [0.1, 0.15) is 0 Å². The fraction of sp³-hybridized carbons (Fsp3) is 0.211. The number of nitrogens with one attached hydrogen (secondary N) is 1. The average Bonchev–Trinajstić information content (AvgIpc) is 3.28. The van der Waals surface area contributed by atoms with Crippen LogP contribution in [0, 0.1) is 0 Å². The SMILES string of the molecule is O=C(CN1CCc2sccc2[C@H]1c1cccs1)Nc1ccc(Cl)cc1. The van der Waals surface area contributed by atoms with Crippen LogP contribution in [0.5, 0.6) is 0 Å². The molecule has 0 unspecified atom stereocenters. The van der Waals surface area contributed by atoms with Crippen LogP contribution in [0.3, 0.4) is 0 Å². The number of nitrogens with zero attached hydrogens (tertiary/aromatic N) is 1. The highest BCUT2D eigenvalue weighted by Crippen LogP contribution is 2.39. The molecule has 1 aliphatic rings. The van der Waals surface area contributed by atoms with Crippen molar-refractivity contribution < 1.29 is 4.79 Å². The van der Waals surface area contributed by atoms with Gasteiger partial charge < -0.3 is 5.32 Å². The number of rotatable bonds is 4. The summed E-state index contributed by atoms with van der Waals surface area (Å²) in [6, 6.07) is 13.8. The van der Waals surface area contributed by atoms with Gasteiger partial charge in [-0.2, -0.15) is 0 Å². The zero-order chi connectivity index (χ0) is 17.2. The standard InChI is InChI=1S/C19H17ClN2OS2/c20-13-3-5-14(6-4-13)21-18(23)12-22-9-7-16-15(8-11-25-16)19(22)17-2-1-10-24-17/h1-6,8,10-11,19H,7,9,12H2,(H,21,23)/t19-/m0/s1. The number of carbonyl (C=O) groups excluding carboxylic acids is 1. The quantitative estimate of drug-likeness (QED) is 0.678. The maximum absolute atomic E-state index is 12.6. The summed E-state index contributed by atoms with van der Waals surface area (Å²) in [6.45, 7) is 1.27. The van der Waals surface area contributed by atoms with Crippen molar-refractivity contribution in [3.8, 4) is 0 Å². The molecule has 2 aromatic heterocycles. The van der Waals surface area contributed by atoms with Gasteiger partial charge in [-0.25, -0.2) is 0 Å². The van der Waals surface area contributed by atoms with Crippen LogP contribution in [0.1, 0.15) is 21.4 Å². The average molecular weight is 389 g/mol. The molecule has 6 heteroatoms. The lowest BCUT2D eigenvalue weighted by Crippen LogP contribution is -2.40. The molecular weight excluding hydrogens is 372 g/mol. The topological polar surface area (TPSA) is 32.3 Å². The summed E-state index contributed by atoms with van der Waals surface area (Å²) in [6.07, 6.45) is 1.00. The van der Waals surface area contributed by atoms with Gasteiger partial charge in [-0.15, -0.1) is 22.7 Å². The lowest BCUT2D eigenvalue weighted by atomic mass is 9.98. The lowest BCUT2D eigenvalue weighted by Gasteiger charge is -2.34. The molecular formula is C19H17ClN2OS2. The molecule has 25 heavy (non-hydrogen) atoms. The molecule has 4 rings (SSSR count). The molecule has 0 radical (unpaired) electrons. The Bertz CT molecular complexity index is 858. The van der Waals surface area contributed by atoms with Crippen molar-refractivity contribution in [2.75, 3.05) is 18.4 Å². The van der Waals surface area contributed by atoms with Crippen LogP contribution in [-0.4, -0.2) is 23.9 Å². The first-order chi connectivity index (χ1) is 12.2. The number of anilines is 1. The zero-order valence-electron chi connectivity index (χ0n) is 13.4. The van der Waals surface area contributed by atoms with Gasteiger partial charge in [0.25, 0.3) is 0 Å². The van der Waals surface area contributed by atoms with Gasteiger partial charge in [0.05, 0.1) is 12.6 Å². The Hall–Kier alpha value is -1.66. The fourth-order valence-electron chi connectivity index (χ4n) is 3.24. The molecule has 1 aromatic carbocycles. The van der Waals surface area contributed by atoms with Crippen molar-refractivity contribution in [1.29, 1.82) is 0 Å². The Morgan fingerprint density at radius 2 is 2.00 bits per heavy atom. The molecule has 1 N–H and O–H groups in total. The maximum Gasteiger partial charge on any atom is 0.238 e. The van der Waals surface area contributed by atoms with E-state index >= 15 is 0 Å². The van der Waals surface area contributed by atoms with E-state index in [2.05, 4.69) is 39.2 Å². The summed E-state index contributed by atoms with van der Waals surface area (Å²) >= 11 is 9.46. The molecule has 3 aromatic rings. The zero-order valence-corrected chi connectivity index (χ0v) is 15.8. The van der Waals surface area contributed by atoms with Crippen LogP contribution in [0.2, 0.25) is 5.02 Å². The van der Waals surface area contributed by atoms with Crippen LogP contribution < -0.4 is 5.32 Å². The number of hydrogen-bond donors (Lipinski definition) is 1. The first kappa shape index (κ1) is 16.8. The fourth-order valence-corrected chi connectivity index (χ4v) is 5.14. The van der Waals surface area contributed by atoms with Gasteiger partial charge in [-0.05, 0) is 59.1 Å². The van der Waals surface area contributed by atoms with Crippen molar-refractivity contribution in [3.63, 3.8) is 0 Å². The number of amides is 1. The Morgan fingerprint density at radius 1 is 1.16 bits per heavy atom. The molecule has 0 aliphatic carbocycles. The number of hydrogen-bond acceptors (Lipinski definition) is 4. The number of thiophene rings is 2. The Morgan fingerprint density at radius 3 is 2.76 bits per heavy atom. The third-order valence-electron chi connectivity index (χ3n) is 4.35. The summed E-state index contributed by atoms with van der Waals surface area (Å²) in [5.41, 5.74) is 2.12. The van der Waals surface area contributed by atoms with Crippen molar-refractivity contribution in [2.24, 2.45) is 0 Å². The summed E-state index contributed by atoms with van der Waals surface area (Å²) in [5, 5.41) is 7.88. The van der Waals surface area contributed by atoms with Gasteiger partial charge in [0, 0.05) is 27.0 Å². The van der Waals surface area contributed by atoms with Gasteiger partial charge in [0.15, 0.2) is 0 Å². The summed E-state index contributed by atoms with van der Waals surface area (Å²) in [5.74, 6) is 0.00237. The van der Waals surface area contributed by atoms with Crippen molar-refractivity contribution in [2.45, 2.75) is 12.5 Å². The second-order valence-electron chi connectivity index (χ2n) is 5.99. The Kier molecular flexibility index (Phi) is 4.90. The predicted molar refractivity (Wildman–Crippen MR) is 106 cm³/mol. The van der Waals surface area contributed by atoms with Crippen molar-refractivity contribution >= 4 is 45.9 Å². The van der Waals surface area contributed by atoms with E-state index < -0.39 is 0 Å². The molecule has 0 saturated heterocycles. The van der Waals surface area contributed by atoms with E-state index in [0.717, 1.165) is 18.7 Å². The molecule has 1 amide bonds. The predicted octanol–water partition coefficient (Wildman–Crippen LogP) is 5.05. The van der Waals surface area contributed by atoms with Gasteiger partial charge >= 0.3 is 0 Å². The van der Waals surface area contributed by atoms with Crippen LogP contribution in [0.4, 0.5) is 5.69 Å². The molecule has 3 nitrogen and oxygen atoms in total. The highest BCUT2D eigenvalue weighted by molar-refractivity contribution is 7.10. The second-order valence-corrected chi connectivity index (χ2v) is 8.41. The summed E-state index contributed by atoms with van der Waals surface area (Å²) in [4.78, 5) is 17.5. The molecule has 0 fully saturated rings. The van der Waals surface area contributed by atoms with Crippen molar-refractivity contribution in [1.82, 2.24) is 4.90 Å². The number of benzene rings is 1. The molecule has 0 spiro atoms. The largest absolute Gasteiger partial charge is 0.325 e. The van der Waals surface area contributed by atoms with Gasteiger partial charge in [0.2, 0.25) is 5.91 Å². The van der Waals surface area contributed by atoms with Gasteiger partial charge in [-0.1, -0.05) is 17.7 Å². The van der Waals surface area contributed by atoms with E-state index in [1.807, 2.05) is 23.5 Å². The monoisotopic (exact) mass is 388 g/mol. The van der Waals surface area contributed by atoms with Gasteiger partial charge in [-0.3, -0.25) is 9.69 Å². The van der Waals surface area contributed by atoms with Crippen LogP contribution in [0.25, 0.3) is 0 Å². The van der Waals surface area contributed by atoms with Crippen molar-refractivity contribution in [3.05, 3.63) is 73.6 Å².